The van der Waals surface area contributed by atoms with E-state index in [9.17, 15) is 0 Å². The van der Waals surface area contributed by atoms with Crippen molar-refractivity contribution in [3.63, 3.8) is 0 Å². The van der Waals surface area contributed by atoms with Gasteiger partial charge in [-0.3, -0.25) is 0 Å². The third-order valence-electron chi connectivity index (χ3n) is 4.22. The van der Waals surface area contributed by atoms with E-state index in [2.05, 4.69) is 25.8 Å². The van der Waals surface area contributed by atoms with E-state index in [1.54, 1.807) is 0 Å². The molecule has 0 aromatic rings. The molecule has 0 amide bonds. The normalized spacial score (nSPS) is 36.9. The molecule has 0 radical (unpaired) electrons. The highest BCUT2D eigenvalue weighted by atomic mass is 15.2. The maximum atomic E-state index is 2.59. The maximum Gasteiger partial charge on any atom is 0.0118 e. The van der Waals surface area contributed by atoms with E-state index >= 15 is 0 Å². The van der Waals surface area contributed by atoms with Crippen molar-refractivity contribution >= 4 is 0 Å². The number of rotatable bonds is 2. The van der Waals surface area contributed by atoms with Crippen LogP contribution >= 0.6 is 0 Å². The quantitative estimate of drug-likeness (QED) is 0.633. The first-order chi connectivity index (χ1) is 6.18. The Balaban J connectivity index is 1.90. The van der Waals surface area contributed by atoms with Gasteiger partial charge in [0.25, 0.3) is 0 Å². The number of hydrogen-bond acceptors (Lipinski definition) is 1. The Labute approximate surface area is 82.5 Å². The van der Waals surface area contributed by atoms with E-state index in [1.807, 2.05) is 0 Å². The minimum atomic E-state index is 0.843. The van der Waals surface area contributed by atoms with Gasteiger partial charge in [0.1, 0.15) is 0 Å². The first-order valence-corrected chi connectivity index (χ1v) is 5.88. The van der Waals surface area contributed by atoms with Crippen LogP contribution in [0.4, 0.5) is 0 Å². The van der Waals surface area contributed by atoms with Crippen molar-refractivity contribution < 1.29 is 0 Å². The molecule has 2 fully saturated rings. The zero-order valence-electron chi connectivity index (χ0n) is 9.29. The first kappa shape index (κ1) is 9.51. The third kappa shape index (κ3) is 1.76. The van der Waals surface area contributed by atoms with Crippen LogP contribution < -0.4 is 0 Å². The van der Waals surface area contributed by atoms with Crippen LogP contribution in [0.25, 0.3) is 0 Å². The topological polar surface area (TPSA) is 3.24 Å². The van der Waals surface area contributed by atoms with Crippen molar-refractivity contribution in [2.24, 2.45) is 17.8 Å². The van der Waals surface area contributed by atoms with Gasteiger partial charge < -0.3 is 4.90 Å². The molecule has 1 aliphatic heterocycles. The van der Waals surface area contributed by atoms with Crippen LogP contribution in [0.15, 0.2) is 0 Å². The molecule has 1 saturated heterocycles. The zero-order valence-corrected chi connectivity index (χ0v) is 9.29. The van der Waals surface area contributed by atoms with E-state index in [-0.39, 0.29) is 0 Å². The van der Waals surface area contributed by atoms with Crippen LogP contribution in [0.2, 0.25) is 0 Å². The Morgan fingerprint density at radius 1 is 1.15 bits per heavy atom. The molecule has 0 bridgehead atoms. The second-order valence-electron chi connectivity index (χ2n) is 5.44. The van der Waals surface area contributed by atoms with Crippen molar-refractivity contribution in [3.8, 4) is 0 Å². The van der Waals surface area contributed by atoms with Gasteiger partial charge in [0.15, 0.2) is 0 Å². The summed E-state index contributed by atoms with van der Waals surface area (Å²) >= 11 is 0. The maximum absolute atomic E-state index is 2.59. The molecule has 1 nitrogen and oxygen atoms in total. The molecule has 0 aromatic heterocycles. The fourth-order valence-corrected chi connectivity index (χ4v) is 3.10. The van der Waals surface area contributed by atoms with Crippen LogP contribution in [0.5, 0.6) is 0 Å². The monoisotopic (exact) mass is 181 g/mol. The summed E-state index contributed by atoms with van der Waals surface area (Å²) in [5.41, 5.74) is 0. The van der Waals surface area contributed by atoms with Crippen molar-refractivity contribution in [3.05, 3.63) is 0 Å². The molecule has 0 spiro atoms. The molecule has 13 heavy (non-hydrogen) atoms. The van der Waals surface area contributed by atoms with Gasteiger partial charge >= 0.3 is 0 Å². The molecule has 2 aliphatic rings. The van der Waals surface area contributed by atoms with Gasteiger partial charge in [-0.15, -0.1) is 0 Å². The molecular weight excluding hydrogens is 158 g/mol. The summed E-state index contributed by atoms with van der Waals surface area (Å²) in [4.78, 5) is 2.59. The van der Waals surface area contributed by atoms with Crippen LogP contribution in [-0.4, -0.2) is 24.5 Å². The summed E-state index contributed by atoms with van der Waals surface area (Å²) in [7, 11) is 2.31. The van der Waals surface area contributed by atoms with Crippen molar-refractivity contribution in [1.82, 2.24) is 4.90 Å². The fraction of sp³-hybridized carbons (Fsp3) is 1.00. The Bertz CT molecular complexity index is 172. The van der Waals surface area contributed by atoms with Crippen LogP contribution in [0.1, 0.15) is 39.5 Å². The van der Waals surface area contributed by atoms with Crippen molar-refractivity contribution in [2.75, 3.05) is 13.6 Å². The second kappa shape index (κ2) is 3.61. The van der Waals surface area contributed by atoms with Gasteiger partial charge in [0.05, 0.1) is 0 Å². The molecule has 1 unspecified atom stereocenters. The lowest BCUT2D eigenvalue weighted by molar-refractivity contribution is 0.207. The van der Waals surface area contributed by atoms with Crippen LogP contribution in [-0.2, 0) is 0 Å². The van der Waals surface area contributed by atoms with Gasteiger partial charge in [-0.2, -0.15) is 0 Å². The highest BCUT2D eigenvalue weighted by Crippen LogP contribution is 2.40. The first-order valence-electron chi connectivity index (χ1n) is 5.88. The number of likely N-dealkylation sites (tertiary alicyclic amines) is 1. The fourth-order valence-electron chi connectivity index (χ4n) is 3.10. The lowest BCUT2D eigenvalue weighted by atomic mass is 9.74. The summed E-state index contributed by atoms with van der Waals surface area (Å²) in [5.74, 6) is 2.97. The molecule has 2 rings (SSSR count). The lowest BCUT2D eigenvalue weighted by Crippen LogP contribution is -2.29. The highest BCUT2D eigenvalue weighted by Gasteiger charge is 2.37. The summed E-state index contributed by atoms with van der Waals surface area (Å²) in [6.07, 6.45) is 6.00. The molecule has 76 valence electrons. The summed E-state index contributed by atoms with van der Waals surface area (Å²) < 4.78 is 0. The Morgan fingerprint density at radius 2 is 1.85 bits per heavy atom. The molecule has 1 aliphatic carbocycles. The van der Waals surface area contributed by atoms with E-state index < -0.39 is 0 Å². The van der Waals surface area contributed by atoms with E-state index in [1.165, 1.54) is 32.2 Å². The standard InChI is InChI=1S/C12H23N/c1-9(2)12-7-11(8-13(12)3)10-5-4-6-10/h9-12H,4-8H2,1-3H3/t11-,12?/m1/s1. The zero-order chi connectivity index (χ0) is 9.42. The molecule has 1 heteroatoms. The van der Waals surface area contributed by atoms with Gasteiger partial charge in [-0.05, 0) is 31.2 Å². The van der Waals surface area contributed by atoms with Crippen molar-refractivity contribution in [1.29, 1.82) is 0 Å². The van der Waals surface area contributed by atoms with Crippen molar-refractivity contribution in [2.45, 2.75) is 45.6 Å². The average Bonchev–Trinajstić information content (AvgIpc) is 2.27. The molecule has 0 N–H and O–H groups in total. The lowest BCUT2D eigenvalue weighted by Gasteiger charge is -2.31. The van der Waals surface area contributed by atoms with Gasteiger partial charge in [-0.25, -0.2) is 0 Å². The number of hydrogen-bond donors (Lipinski definition) is 0. The molecular formula is C12H23N. The summed E-state index contributed by atoms with van der Waals surface area (Å²) in [6.45, 7) is 6.10. The highest BCUT2D eigenvalue weighted by molar-refractivity contribution is 4.90. The van der Waals surface area contributed by atoms with Gasteiger partial charge in [0, 0.05) is 12.6 Å². The average molecular weight is 181 g/mol. The Morgan fingerprint density at radius 3 is 2.23 bits per heavy atom. The number of nitrogens with zero attached hydrogens (tertiary/aromatic N) is 1. The van der Waals surface area contributed by atoms with Gasteiger partial charge in [-0.1, -0.05) is 33.1 Å². The molecule has 1 heterocycles. The minimum absolute atomic E-state index is 0.843. The van der Waals surface area contributed by atoms with Gasteiger partial charge in [0.2, 0.25) is 0 Å². The smallest absolute Gasteiger partial charge is 0.0118 e. The third-order valence-corrected chi connectivity index (χ3v) is 4.22. The minimum Gasteiger partial charge on any atom is -0.303 e. The predicted molar refractivity (Wildman–Crippen MR) is 56.7 cm³/mol. The molecule has 2 atom stereocenters. The SMILES string of the molecule is CC(C)C1C[C@@H](C2CCC2)CN1C. The Kier molecular flexibility index (Phi) is 2.64. The largest absolute Gasteiger partial charge is 0.303 e. The Hall–Kier alpha value is -0.0400. The molecule has 1 saturated carbocycles. The summed E-state index contributed by atoms with van der Waals surface area (Å²) in [6, 6.07) is 0.866. The van der Waals surface area contributed by atoms with Crippen LogP contribution in [0.3, 0.4) is 0 Å². The predicted octanol–water partition coefficient (Wildman–Crippen LogP) is 2.76. The second-order valence-corrected chi connectivity index (χ2v) is 5.44. The van der Waals surface area contributed by atoms with E-state index in [0.29, 0.717) is 0 Å². The van der Waals surface area contributed by atoms with Crippen LogP contribution in [0, 0.1) is 17.8 Å². The molecule has 0 aromatic carbocycles. The van der Waals surface area contributed by atoms with E-state index in [4.69, 9.17) is 0 Å². The summed E-state index contributed by atoms with van der Waals surface area (Å²) in [5, 5.41) is 0. The van der Waals surface area contributed by atoms with E-state index in [0.717, 1.165) is 23.8 Å².